The highest BCUT2D eigenvalue weighted by Gasteiger charge is 2.29. The largest absolute Gasteiger partial charge is 0.445 e. The first-order chi connectivity index (χ1) is 12.8. The summed E-state index contributed by atoms with van der Waals surface area (Å²) in [5, 5.41) is 2.93. The van der Waals surface area contributed by atoms with E-state index in [1.54, 1.807) is 25.9 Å². The fraction of sp³-hybridized carbons (Fsp3) is 0.450. The molecule has 2 heterocycles. The number of urea groups is 1. The Morgan fingerprint density at radius 1 is 1.15 bits per heavy atom. The first-order valence-electron chi connectivity index (χ1n) is 9.16. The molecule has 0 aliphatic carbocycles. The van der Waals surface area contributed by atoms with E-state index in [4.69, 9.17) is 4.42 Å². The van der Waals surface area contributed by atoms with Crippen LogP contribution in [0.15, 0.2) is 28.7 Å². The van der Waals surface area contributed by atoms with Crippen molar-refractivity contribution < 1.29 is 14.0 Å². The Bertz CT molecular complexity index is 818. The number of piperidine rings is 1. The third-order valence-corrected chi connectivity index (χ3v) is 4.86. The van der Waals surface area contributed by atoms with Gasteiger partial charge in [-0.05, 0) is 38.8 Å². The minimum absolute atomic E-state index is 0.0932. The molecule has 0 unspecified atom stereocenters. The number of carbonyl (C=O) groups excluding carboxylic acids is 2. The van der Waals surface area contributed by atoms with Crippen LogP contribution < -0.4 is 5.32 Å². The van der Waals surface area contributed by atoms with Gasteiger partial charge in [0.15, 0.2) is 11.6 Å². The number of rotatable bonds is 3. The second kappa shape index (κ2) is 7.82. The Morgan fingerprint density at radius 2 is 1.78 bits per heavy atom. The Hall–Kier alpha value is -2.83. The summed E-state index contributed by atoms with van der Waals surface area (Å²) < 4.78 is 5.75. The molecule has 7 heteroatoms. The van der Waals surface area contributed by atoms with Crippen LogP contribution in [0.3, 0.4) is 0 Å². The Balaban J connectivity index is 1.58. The maximum Gasteiger partial charge on any atom is 0.321 e. The summed E-state index contributed by atoms with van der Waals surface area (Å²) in [6.07, 6.45) is 1.52. The summed E-state index contributed by atoms with van der Waals surface area (Å²) >= 11 is 0. The van der Waals surface area contributed by atoms with Crippen LogP contribution in [-0.4, -0.2) is 53.9 Å². The van der Waals surface area contributed by atoms with E-state index in [0.717, 1.165) is 24.1 Å². The first-order valence-corrected chi connectivity index (χ1v) is 9.16. The van der Waals surface area contributed by atoms with Gasteiger partial charge in [-0.15, -0.1) is 0 Å². The lowest BCUT2D eigenvalue weighted by Gasteiger charge is -2.30. The predicted octanol–water partition coefficient (Wildman–Crippen LogP) is 3.40. The molecule has 1 fully saturated rings. The van der Waals surface area contributed by atoms with E-state index in [1.165, 1.54) is 4.90 Å². The molecule has 3 rings (SSSR count). The number of aryl methyl sites for hydroxylation is 2. The zero-order valence-corrected chi connectivity index (χ0v) is 16.3. The van der Waals surface area contributed by atoms with Crippen LogP contribution in [0.1, 0.15) is 46.5 Å². The van der Waals surface area contributed by atoms with Crippen molar-refractivity contribution in [2.75, 3.05) is 32.5 Å². The molecule has 0 bridgehead atoms. The van der Waals surface area contributed by atoms with Crippen molar-refractivity contribution in [3.8, 4) is 0 Å². The van der Waals surface area contributed by atoms with E-state index in [9.17, 15) is 9.59 Å². The molecule has 1 saturated heterocycles. The number of carbonyl (C=O) groups is 2. The van der Waals surface area contributed by atoms with Crippen LogP contribution >= 0.6 is 0 Å². The van der Waals surface area contributed by atoms with Crippen LogP contribution in [-0.2, 0) is 0 Å². The Kier molecular flexibility index (Phi) is 5.48. The lowest BCUT2D eigenvalue weighted by atomic mass is 9.97. The number of nitrogens with one attached hydrogen (secondary N) is 1. The number of amides is 3. The topological polar surface area (TPSA) is 78.7 Å². The highest BCUT2D eigenvalue weighted by Crippen LogP contribution is 2.29. The zero-order chi connectivity index (χ0) is 19.6. The van der Waals surface area contributed by atoms with E-state index in [1.807, 2.05) is 31.2 Å². The summed E-state index contributed by atoms with van der Waals surface area (Å²) in [5.41, 5.74) is 2.32. The molecule has 1 aliphatic heterocycles. The van der Waals surface area contributed by atoms with Crippen molar-refractivity contribution in [2.45, 2.75) is 32.6 Å². The zero-order valence-electron chi connectivity index (χ0n) is 16.3. The van der Waals surface area contributed by atoms with E-state index < -0.39 is 0 Å². The molecule has 0 radical (unpaired) electrons. The van der Waals surface area contributed by atoms with Crippen LogP contribution in [0.5, 0.6) is 0 Å². The van der Waals surface area contributed by atoms with Crippen molar-refractivity contribution in [1.82, 2.24) is 14.8 Å². The minimum atomic E-state index is -0.155. The maximum absolute atomic E-state index is 12.4. The van der Waals surface area contributed by atoms with Gasteiger partial charge in [-0.2, -0.15) is 0 Å². The minimum Gasteiger partial charge on any atom is -0.445 e. The van der Waals surface area contributed by atoms with Crippen LogP contribution in [0.2, 0.25) is 0 Å². The highest BCUT2D eigenvalue weighted by molar-refractivity contribution is 5.92. The quantitative estimate of drug-likeness (QED) is 0.898. The molecular weight excluding hydrogens is 344 g/mol. The predicted molar refractivity (Wildman–Crippen MR) is 103 cm³/mol. The van der Waals surface area contributed by atoms with E-state index in [2.05, 4.69) is 10.3 Å². The number of hydrogen-bond acceptors (Lipinski definition) is 4. The van der Waals surface area contributed by atoms with E-state index >= 15 is 0 Å². The number of hydrogen-bond donors (Lipinski definition) is 1. The van der Waals surface area contributed by atoms with Crippen molar-refractivity contribution >= 4 is 17.6 Å². The maximum atomic E-state index is 12.4. The van der Waals surface area contributed by atoms with Crippen LogP contribution in [0.4, 0.5) is 10.5 Å². The molecule has 7 nitrogen and oxygen atoms in total. The van der Waals surface area contributed by atoms with Gasteiger partial charge in [0.1, 0.15) is 5.76 Å². The van der Waals surface area contributed by atoms with E-state index in [0.29, 0.717) is 30.4 Å². The molecule has 1 aromatic carbocycles. The molecule has 0 spiro atoms. The average Bonchev–Trinajstić information content (AvgIpc) is 3.04. The number of oxazole rings is 1. The van der Waals surface area contributed by atoms with Gasteiger partial charge < -0.3 is 19.5 Å². The van der Waals surface area contributed by atoms with Gasteiger partial charge in [0, 0.05) is 38.8 Å². The van der Waals surface area contributed by atoms with Crippen molar-refractivity contribution in [3.05, 3.63) is 47.2 Å². The van der Waals surface area contributed by atoms with Crippen molar-refractivity contribution in [2.24, 2.45) is 0 Å². The second-order valence-corrected chi connectivity index (χ2v) is 7.21. The van der Waals surface area contributed by atoms with Crippen LogP contribution in [0, 0.1) is 13.8 Å². The standard InChI is InChI=1S/C20H26N4O3/c1-13-5-7-16(8-6-13)21-20(26)24-11-9-15(10-12-24)18-22-17(14(2)27-18)19(25)23(3)4/h5-8,15H,9-12H2,1-4H3,(H,21,26). The number of nitrogens with zero attached hydrogens (tertiary/aromatic N) is 3. The van der Waals surface area contributed by atoms with E-state index in [-0.39, 0.29) is 17.9 Å². The fourth-order valence-corrected chi connectivity index (χ4v) is 3.17. The van der Waals surface area contributed by atoms with Crippen molar-refractivity contribution in [3.63, 3.8) is 0 Å². The highest BCUT2D eigenvalue weighted by atomic mass is 16.4. The summed E-state index contributed by atoms with van der Waals surface area (Å²) in [4.78, 5) is 32.3. The van der Waals surface area contributed by atoms with Gasteiger partial charge in [0.05, 0.1) is 0 Å². The third kappa shape index (κ3) is 4.30. The van der Waals surface area contributed by atoms with Gasteiger partial charge in [-0.25, -0.2) is 9.78 Å². The summed E-state index contributed by atoms with van der Waals surface area (Å²) in [5.74, 6) is 1.10. The fourth-order valence-electron chi connectivity index (χ4n) is 3.17. The van der Waals surface area contributed by atoms with Gasteiger partial charge in [0.2, 0.25) is 0 Å². The second-order valence-electron chi connectivity index (χ2n) is 7.21. The molecular formula is C20H26N4O3. The van der Waals surface area contributed by atoms with Gasteiger partial charge in [-0.3, -0.25) is 4.79 Å². The number of likely N-dealkylation sites (tertiary alicyclic amines) is 1. The lowest BCUT2D eigenvalue weighted by Crippen LogP contribution is -2.40. The molecule has 1 aliphatic rings. The molecule has 0 saturated carbocycles. The summed E-state index contributed by atoms with van der Waals surface area (Å²) in [6, 6.07) is 7.65. The monoisotopic (exact) mass is 370 g/mol. The molecule has 2 aromatic rings. The smallest absolute Gasteiger partial charge is 0.321 e. The Labute approximate surface area is 159 Å². The molecule has 27 heavy (non-hydrogen) atoms. The number of anilines is 1. The van der Waals surface area contributed by atoms with Crippen molar-refractivity contribution in [1.29, 1.82) is 0 Å². The summed E-state index contributed by atoms with van der Waals surface area (Å²) in [6.45, 7) is 5.02. The van der Waals surface area contributed by atoms with Crippen LogP contribution in [0.25, 0.3) is 0 Å². The van der Waals surface area contributed by atoms with Gasteiger partial charge in [0.25, 0.3) is 5.91 Å². The number of benzene rings is 1. The summed E-state index contributed by atoms with van der Waals surface area (Å²) in [7, 11) is 3.39. The average molecular weight is 370 g/mol. The van der Waals surface area contributed by atoms with Gasteiger partial charge >= 0.3 is 6.03 Å². The normalized spacial score (nSPS) is 14.9. The molecule has 144 valence electrons. The third-order valence-electron chi connectivity index (χ3n) is 4.86. The molecule has 3 amide bonds. The van der Waals surface area contributed by atoms with Gasteiger partial charge in [-0.1, -0.05) is 17.7 Å². The molecule has 0 atom stereocenters. The Morgan fingerprint density at radius 3 is 2.37 bits per heavy atom. The molecule has 1 aromatic heterocycles. The SMILES string of the molecule is Cc1ccc(NC(=O)N2CCC(c3nc(C(=O)N(C)C)c(C)o3)CC2)cc1. The first kappa shape index (κ1) is 18.9. The lowest BCUT2D eigenvalue weighted by molar-refractivity contribution is 0.0821. The number of aromatic nitrogens is 1. The molecule has 1 N–H and O–H groups in total.